The van der Waals surface area contributed by atoms with Crippen molar-refractivity contribution >= 4 is 11.6 Å². The Morgan fingerprint density at radius 3 is 2.29 bits per heavy atom. The van der Waals surface area contributed by atoms with E-state index in [9.17, 15) is 0 Å². The maximum Gasteiger partial charge on any atom is 0.0421 e. The predicted octanol–water partition coefficient (Wildman–Crippen LogP) is 1.30. The molecule has 0 fully saturated rings. The Hall–Kier alpha value is -0.170. The number of rotatable bonds is 2. The number of halogens is 1. The molecule has 0 saturated heterocycles. The van der Waals surface area contributed by atoms with E-state index in [1.165, 1.54) is 0 Å². The molecule has 0 aromatic carbocycles. The van der Waals surface area contributed by atoms with Crippen LogP contribution in [-0.4, -0.2) is 24.9 Å². The second-order valence-electron chi connectivity index (χ2n) is 1.50. The Kier molecular flexibility index (Phi) is 3.90. The molecule has 2 heteroatoms. The molecule has 0 aromatic heterocycles. The van der Waals surface area contributed by atoms with Gasteiger partial charge in [-0.15, -0.1) is 11.6 Å². The van der Waals surface area contributed by atoms with E-state index in [2.05, 4.69) is 0 Å². The van der Waals surface area contributed by atoms with Gasteiger partial charge in [-0.25, -0.2) is 0 Å². The van der Waals surface area contributed by atoms with Crippen molar-refractivity contribution in [1.82, 2.24) is 4.90 Å². The topological polar surface area (TPSA) is 3.24 Å². The summed E-state index contributed by atoms with van der Waals surface area (Å²) in [6, 6.07) is 0. The highest BCUT2D eigenvalue weighted by Gasteiger charge is 1.70. The smallest absolute Gasteiger partial charge is 0.0421 e. The maximum absolute atomic E-state index is 5.33. The van der Waals surface area contributed by atoms with Crippen molar-refractivity contribution in [1.29, 1.82) is 0 Å². The van der Waals surface area contributed by atoms with E-state index >= 15 is 0 Å². The van der Waals surface area contributed by atoms with E-state index < -0.39 is 0 Å². The fourth-order valence-corrected chi connectivity index (χ4v) is 0.330. The summed E-state index contributed by atoms with van der Waals surface area (Å²) in [5, 5.41) is 0. The first-order valence-electron chi connectivity index (χ1n) is 2.16. The molecule has 0 aliphatic rings. The monoisotopic (exact) mass is 119 g/mol. The SMILES string of the molecule is CN(C)C=CCCl. The summed E-state index contributed by atoms with van der Waals surface area (Å²) in [4.78, 5) is 1.95. The van der Waals surface area contributed by atoms with E-state index in [4.69, 9.17) is 11.6 Å². The summed E-state index contributed by atoms with van der Waals surface area (Å²) < 4.78 is 0. The lowest BCUT2D eigenvalue weighted by Gasteiger charge is -2.00. The summed E-state index contributed by atoms with van der Waals surface area (Å²) >= 11 is 5.33. The molecule has 42 valence electrons. The second kappa shape index (κ2) is 4.00. The molecule has 0 radical (unpaired) electrons. The van der Waals surface area contributed by atoms with Crippen LogP contribution < -0.4 is 0 Å². The summed E-state index contributed by atoms with van der Waals surface area (Å²) in [5.74, 6) is 0.595. The second-order valence-corrected chi connectivity index (χ2v) is 1.81. The van der Waals surface area contributed by atoms with Gasteiger partial charge in [-0.05, 0) is 6.20 Å². The largest absolute Gasteiger partial charge is 0.384 e. The van der Waals surface area contributed by atoms with Crippen LogP contribution >= 0.6 is 11.6 Å². The summed E-state index contributed by atoms with van der Waals surface area (Å²) in [7, 11) is 3.92. The van der Waals surface area contributed by atoms with E-state index in [0.717, 1.165) is 0 Å². The van der Waals surface area contributed by atoms with Gasteiger partial charge >= 0.3 is 0 Å². The molecule has 0 aliphatic carbocycles. The van der Waals surface area contributed by atoms with Crippen LogP contribution in [0.2, 0.25) is 0 Å². The number of nitrogens with zero attached hydrogens (tertiary/aromatic N) is 1. The molecule has 0 atom stereocenters. The van der Waals surface area contributed by atoms with Crippen LogP contribution in [0.15, 0.2) is 12.3 Å². The number of alkyl halides is 1. The summed E-state index contributed by atoms with van der Waals surface area (Å²) in [5.41, 5.74) is 0. The molecule has 0 heterocycles. The van der Waals surface area contributed by atoms with Gasteiger partial charge in [0, 0.05) is 20.0 Å². The minimum Gasteiger partial charge on any atom is -0.384 e. The average Bonchev–Trinajstić information content (AvgIpc) is 1.61. The Morgan fingerprint density at radius 1 is 1.57 bits per heavy atom. The van der Waals surface area contributed by atoms with Gasteiger partial charge in [-0.1, -0.05) is 6.08 Å². The van der Waals surface area contributed by atoms with Gasteiger partial charge in [0.2, 0.25) is 0 Å². The number of allylic oxidation sites excluding steroid dienone is 1. The molecule has 0 bridgehead atoms. The quantitative estimate of drug-likeness (QED) is 0.496. The molecule has 0 aromatic rings. The molecular weight excluding hydrogens is 110 g/mol. The normalized spacial score (nSPS) is 10.1. The minimum atomic E-state index is 0.595. The van der Waals surface area contributed by atoms with Gasteiger partial charge in [0.05, 0.1) is 0 Å². The third-order valence-corrected chi connectivity index (χ3v) is 0.671. The van der Waals surface area contributed by atoms with Crippen molar-refractivity contribution < 1.29 is 0 Å². The van der Waals surface area contributed by atoms with Gasteiger partial charge in [0.15, 0.2) is 0 Å². The Bertz CT molecular complexity index is 59.1. The lowest BCUT2D eigenvalue weighted by Crippen LogP contribution is -1.99. The van der Waals surface area contributed by atoms with Crippen LogP contribution in [0.25, 0.3) is 0 Å². The lowest BCUT2D eigenvalue weighted by atomic mass is 10.7. The zero-order valence-corrected chi connectivity index (χ0v) is 5.44. The van der Waals surface area contributed by atoms with Crippen molar-refractivity contribution in [3.8, 4) is 0 Å². The van der Waals surface area contributed by atoms with Crippen molar-refractivity contribution in [2.24, 2.45) is 0 Å². The van der Waals surface area contributed by atoms with E-state index in [0.29, 0.717) is 5.88 Å². The van der Waals surface area contributed by atoms with Crippen molar-refractivity contribution in [2.75, 3.05) is 20.0 Å². The highest BCUT2D eigenvalue weighted by Crippen LogP contribution is 1.79. The van der Waals surface area contributed by atoms with Gasteiger partial charge < -0.3 is 4.90 Å². The first kappa shape index (κ1) is 6.83. The van der Waals surface area contributed by atoms with Crippen LogP contribution in [0.5, 0.6) is 0 Å². The minimum absolute atomic E-state index is 0.595. The Morgan fingerprint density at radius 2 is 2.14 bits per heavy atom. The van der Waals surface area contributed by atoms with Gasteiger partial charge in [-0.3, -0.25) is 0 Å². The fraction of sp³-hybridized carbons (Fsp3) is 0.600. The van der Waals surface area contributed by atoms with Crippen molar-refractivity contribution in [2.45, 2.75) is 0 Å². The Balaban J connectivity index is 3.08. The molecule has 0 amide bonds. The van der Waals surface area contributed by atoms with Crippen LogP contribution in [0.4, 0.5) is 0 Å². The highest BCUT2D eigenvalue weighted by molar-refractivity contribution is 6.18. The van der Waals surface area contributed by atoms with Gasteiger partial charge in [-0.2, -0.15) is 0 Å². The van der Waals surface area contributed by atoms with Crippen LogP contribution in [-0.2, 0) is 0 Å². The maximum atomic E-state index is 5.33. The first-order valence-corrected chi connectivity index (χ1v) is 2.70. The van der Waals surface area contributed by atoms with E-state index in [1.807, 2.05) is 31.3 Å². The first-order chi connectivity index (χ1) is 3.27. The van der Waals surface area contributed by atoms with E-state index in [1.54, 1.807) is 0 Å². The van der Waals surface area contributed by atoms with Crippen LogP contribution in [0, 0.1) is 0 Å². The molecule has 0 N–H and O–H groups in total. The van der Waals surface area contributed by atoms with Crippen molar-refractivity contribution in [3.05, 3.63) is 12.3 Å². The zero-order chi connectivity index (χ0) is 5.70. The third-order valence-electron chi connectivity index (χ3n) is 0.493. The van der Waals surface area contributed by atoms with Gasteiger partial charge in [0.1, 0.15) is 0 Å². The van der Waals surface area contributed by atoms with Crippen LogP contribution in [0.3, 0.4) is 0 Å². The summed E-state index contributed by atoms with van der Waals surface area (Å²) in [6.45, 7) is 0. The molecule has 0 aliphatic heterocycles. The number of hydrogen-bond donors (Lipinski definition) is 0. The third kappa shape index (κ3) is 5.83. The molecule has 0 saturated carbocycles. The van der Waals surface area contributed by atoms with Gasteiger partial charge in [0.25, 0.3) is 0 Å². The fourth-order valence-electron chi connectivity index (χ4n) is 0.251. The molecule has 0 unspecified atom stereocenters. The molecule has 0 spiro atoms. The molecule has 0 rings (SSSR count). The average molecular weight is 120 g/mol. The zero-order valence-electron chi connectivity index (χ0n) is 4.69. The van der Waals surface area contributed by atoms with Crippen molar-refractivity contribution in [3.63, 3.8) is 0 Å². The lowest BCUT2D eigenvalue weighted by molar-refractivity contribution is 0.563. The predicted molar refractivity (Wildman–Crippen MR) is 33.5 cm³/mol. The number of hydrogen-bond acceptors (Lipinski definition) is 1. The van der Waals surface area contributed by atoms with Crippen LogP contribution in [0.1, 0.15) is 0 Å². The Labute approximate surface area is 49.6 Å². The molecule has 1 nitrogen and oxygen atoms in total. The molecular formula is C5H10ClN. The standard InChI is InChI=1S/C5H10ClN/c1-7(2)5-3-4-6/h3,5H,4H2,1-2H3. The summed E-state index contributed by atoms with van der Waals surface area (Å²) in [6.07, 6.45) is 3.81. The molecule has 7 heavy (non-hydrogen) atoms. The van der Waals surface area contributed by atoms with E-state index in [-0.39, 0.29) is 0 Å². The highest BCUT2D eigenvalue weighted by atomic mass is 35.5.